The minimum Gasteiger partial charge on any atom is -0.468 e. The zero-order valence-corrected chi connectivity index (χ0v) is 12.5. The zero-order valence-electron chi connectivity index (χ0n) is 12.5. The second-order valence-electron chi connectivity index (χ2n) is 6.92. The van der Waals surface area contributed by atoms with E-state index in [1.54, 1.807) is 0 Å². The van der Waals surface area contributed by atoms with E-state index in [-0.39, 0.29) is 16.8 Å². The first-order valence-electron chi connectivity index (χ1n) is 7.37. The average molecular weight is 273 g/mol. The molecule has 3 saturated carbocycles. The molecular weight excluding hydrogens is 250 g/mol. The highest BCUT2D eigenvalue weighted by molar-refractivity contribution is 5.78. The Hall–Kier alpha value is -1.35. The Kier molecular flexibility index (Phi) is 2.94. The van der Waals surface area contributed by atoms with Gasteiger partial charge in [0.15, 0.2) is 0 Å². The number of methoxy groups -OCH3 is 1. The first-order valence-corrected chi connectivity index (χ1v) is 7.37. The quantitative estimate of drug-likeness (QED) is 0.858. The van der Waals surface area contributed by atoms with Crippen LogP contribution in [0, 0.1) is 5.41 Å². The third-order valence-electron chi connectivity index (χ3n) is 5.34. The molecule has 3 heteroatoms. The van der Waals surface area contributed by atoms with Crippen LogP contribution in [0.5, 0.6) is 0 Å². The van der Waals surface area contributed by atoms with Crippen LogP contribution in [0.4, 0.5) is 0 Å². The van der Waals surface area contributed by atoms with Crippen molar-refractivity contribution in [2.45, 2.75) is 50.5 Å². The highest BCUT2D eigenvalue weighted by Gasteiger charge is 2.72. The van der Waals surface area contributed by atoms with Gasteiger partial charge in [-0.15, -0.1) is 0 Å². The molecule has 2 N–H and O–H groups in total. The predicted octanol–water partition coefficient (Wildman–Crippen LogP) is 2.73. The average Bonchev–Trinajstić information content (AvgIpc) is 2.35. The topological polar surface area (TPSA) is 52.3 Å². The van der Waals surface area contributed by atoms with E-state index in [9.17, 15) is 4.79 Å². The fourth-order valence-corrected chi connectivity index (χ4v) is 4.34. The molecular formula is C17H23NO2. The summed E-state index contributed by atoms with van der Waals surface area (Å²) in [6.45, 7) is 4.47. The molecule has 108 valence electrons. The Morgan fingerprint density at radius 2 is 1.85 bits per heavy atom. The smallest absolute Gasteiger partial charge is 0.323 e. The second-order valence-corrected chi connectivity index (χ2v) is 6.92. The molecule has 0 heterocycles. The maximum absolute atomic E-state index is 11.6. The number of ether oxygens (including phenoxy) is 1. The molecule has 3 fully saturated rings. The van der Waals surface area contributed by atoms with Gasteiger partial charge in [-0.05, 0) is 47.1 Å². The van der Waals surface area contributed by atoms with E-state index in [1.165, 1.54) is 18.2 Å². The maximum Gasteiger partial charge on any atom is 0.323 e. The normalized spacial score (nSPS) is 32.2. The van der Waals surface area contributed by atoms with Gasteiger partial charge in [0.2, 0.25) is 0 Å². The standard InChI is InChI=1S/C17H23NO2/c1-11(2)12-6-4-5-7-13(12)16-8-17(9-16,10-16)14(18)15(19)20-3/h4-7,11,14H,8-10,18H2,1-3H3. The van der Waals surface area contributed by atoms with Crippen LogP contribution in [0.25, 0.3) is 0 Å². The molecule has 3 aliphatic carbocycles. The van der Waals surface area contributed by atoms with E-state index in [2.05, 4.69) is 38.1 Å². The fraction of sp³-hybridized carbons (Fsp3) is 0.588. The van der Waals surface area contributed by atoms with E-state index in [4.69, 9.17) is 10.5 Å². The summed E-state index contributed by atoms with van der Waals surface area (Å²) in [5, 5.41) is 0. The van der Waals surface area contributed by atoms with Gasteiger partial charge >= 0.3 is 5.97 Å². The number of hydrogen-bond acceptors (Lipinski definition) is 3. The van der Waals surface area contributed by atoms with Crippen LogP contribution in [0.3, 0.4) is 0 Å². The largest absolute Gasteiger partial charge is 0.468 e. The van der Waals surface area contributed by atoms with Crippen molar-refractivity contribution in [3.63, 3.8) is 0 Å². The SMILES string of the molecule is COC(=O)C(N)C12CC(c3ccccc3C(C)C)(C1)C2. The summed E-state index contributed by atoms with van der Waals surface area (Å²) < 4.78 is 4.80. The Morgan fingerprint density at radius 1 is 1.25 bits per heavy atom. The van der Waals surface area contributed by atoms with E-state index in [0.29, 0.717) is 5.92 Å². The number of carbonyl (C=O) groups is 1. The van der Waals surface area contributed by atoms with Crippen LogP contribution >= 0.6 is 0 Å². The zero-order chi connectivity index (χ0) is 14.5. The molecule has 3 aliphatic rings. The molecule has 3 nitrogen and oxygen atoms in total. The van der Waals surface area contributed by atoms with Crippen molar-refractivity contribution < 1.29 is 9.53 Å². The molecule has 2 bridgehead atoms. The highest BCUT2D eigenvalue weighted by atomic mass is 16.5. The summed E-state index contributed by atoms with van der Waals surface area (Å²) in [6, 6.07) is 8.25. The van der Waals surface area contributed by atoms with Crippen molar-refractivity contribution >= 4 is 5.97 Å². The lowest BCUT2D eigenvalue weighted by Gasteiger charge is -2.72. The van der Waals surface area contributed by atoms with Crippen LogP contribution < -0.4 is 5.73 Å². The highest BCUT2D eigenvalue weighted by Crippen LogP contribution is 2.75. The molecule has 0 radical (unpaired) electrons. The number of esters is 1. The Labute approximate surface area is 120 Å². The van der Waals surface area contributed by atoms with Gasteiger partial charge in [0, 0.05) is 0 Å². The summed E-state index contributed by atoms with van der Waals surface area (Å²) in [4.78, 5) is 11.6. The van der Waals surface area contributed by atoms with Crippen LogP contribution in [0.2, 0.25) is 0 Å². The van der Waals surface area contributed by atoms with Crippen LogP contribution in [0.1, 0.15) is 50.2 Å². The third-order valence-corrected chi connectivity index (χ3v) is 5.34. The van der Waals surface area contributed by atoms with Gasteiger partial charge in [0.05, 0.1) is 7.11 Å². The Balaban J connectivity index is 1.80. The first-order chi connectivity index (χ1) is 9.44. The first kappa shape index (κ1) is 13.6. The maximum atomic E-state index is 11.6. The molecule has 1 aromatic carbocycles. The minimum atomic E-state index is -0.458. The van der Waals surface area contributed by atoms with Crippen molar-refractivity contribution in [1.29, 1.82) is 0 Å². The number of rotatable bonds is 4. The van der Waals surface area contributed by atoms with Gasteiger partial charge in [0.25, 0.3) is 0 Å². The Morgan fingerprint density at radius 3 is 2.40 bits per heavy atom. The fourth-order valence-electron chi connectivity index (χ4n) is 4.34. The summed E-state index contributed by atoms with van der Waals surface area (Å²) in [5.74, 6) is 0.265. The predicted molar refractivity (Wildman–Crippen MR) is 78.5 cm³/mol. The lowest BCUT2D eigenvalue weighted by atomic mass is 9.31. The molecule has 0 spiro atoms. The molecule has 1 aromatic rings. The van der Waals surface area contributed by atoms with Crippen LogP contribution in [-0.2, 0) is 14.9 Å². The number of carbonyl (C=O) groups excluding carboxylic acids is 1. The molecule has 0 aliphatic heterocycles. The molecule has 20 heavy (non-hydrogen) atoms. The summed E-state index contributed by atoms with van der Waals surface area (Å²) >= 11 is 0. The number of benzene rings is 1. The van der Waals surface area contributed by atoms with E-state index >= 15 is 0 Å². The monoisotopic (exact) mass is 273 g/mol. The van der Waals surface area contributed by atoms with E-state index < -0.39 is 6.04 Å². The summed E-state index contributed by atoms with van der Waals surface area (Å²) in [6.07, 6.45) is 3.08. The van der Waals surface area contributed by atoms with Gasteiger partial charge in [-0.25, -0.2) is 0 Å². The van der Waals surface area contributed by atoms with Crippen molar-refractivity contribution in [2.75, 3.05) is 7.11 Å². The third kappa shape index (κ3) is 1.65. The summed E-state index contributed by atoms with van der Waals surface area (Å²) in [5.41, 5.74) is 9.24. The summed E-state index contributed by atoms with van der Waals surface area (Å²) in [7, 11) is 1.41. The number of nitrogens with two attached hydrogens (primary N) is 1. The molecule has 0 aromatic heterocycles. The van der Waals surface area contributed by atoms with Crippen molar-refractivity contribution in [3.8, 4) is 0 Å². The van der Waals surface area contributed by atoms with Crippen LogP contribution in [-0.4, -0.2) is 19.1 Å². The van der Waals surface area contributed by atoms with E-state index in [1.807, 2.05) is 0 Å². The van der Waals surface area contributed by atoms with Crippen molar-refractivity contribution in [2.24, 2.45) is 11.1 Å². The van der Waals surface area contributed by atoms with Gasteiger partial charge in [0.1, 0.15) is 6.04 Å². The van der Waals surface area contributed by atoms with Crippen molar-refractivity contribution in [1.82, 2.24) is 0 Å². The van der Waals surface area contributed by atoms with Gasteiger partial charge in [-0.3, -0.25) is 4.79 Å². The number of hydrogen-bond donors (Lipinski definition) is 1. The van der Waals surface area contributed by atoms with E-state index in [0.717, 1.165) is 19.3 Å². The van der Waals surface area contributed by atoms with Gasteiger partial charge < -0.3 is 10.5 Å². The lowest BCUT2D eigenvalue weighted by molar-refractivity contribution is -0.181. The molecule has 0 amide bonds. The minimum absolute atomic E-state index is 0.00279. The van der Waals surface area contributed by atoms with Crippen molar-refractivity contribution in [3.05, 3.63) is 35.4 Å². The second kappa shape index (κ2) is 4.32. The van der Waals surface area contributed by atoms with Crippen LogP contribution in [0.15, 0.2) is 24.3 Å². The molecule has 0 saturated heterocycles. The lowest BCUT2D eigenvalue weighted by Crippen LogP contribution is -2.72. The molecule has 4 rings (SSSR count). The molecule has 1 atom stereocenters. The Bertz CT molecular complexity index is 530. The van der Waals surface area contributed by atoms with Gasteiger partial charge in [-0.1, -0.05) is 38.1 Å². The van der Waals surface area contributed by atoms with Gasteiger partial charge in [-0.2, -0.15) is 0 Å². The molecule has 1 unspecified atom stereocenters.